The number of aromatic nitrogens is 4. The van der Waals surface area contributed by atoms with Crippen molar-refractivity contribution in [3.8, 4) is 17.0 Å². The maximum Gasteiger partial charge on any atom is 0.192 e. The molecule has 0 fully saturated rings. The fourth-order valence-electron chi connectivity index (χ4n) is 2.94. The van der Waals surface area contributed by atoms with Crippen molar-refractivity contribution < 1.29 is 9.90 Å². The molecule has 0 spiro atoms. The monoisotopic (exact) mass is 332 g/mol. The first-order chi connectivity index (χ1) is 12.1. The molecular formula is C19H16N4O2. The van der Waals surface area contributed by atoms with Gasteiger partial charge in [0.05, 0.1) is 17.5 Å². The van der Waals surface area contributed by atoms with Crippen LogP contribution in [0.3, 0.4) is 0 Å². The van der Waals surface area contributed by atoms with Gasteiger partial charge in [-0.25, -0.2) is 4.98 Å². The second kappa shape index (κ2) is 5.90. The number of nitrogens with one attached hydrogen (secondary N) is 1. The van der Waals surface area contributed by atoms with E-state index in [1.807, 2.05) is 54.6 Å². The molecule has 6 heteroatoms. The lowest BCUT2D eigenvalue weighted by Crippen LogP contribution is -2.10. The number of benzene rings is 2. The number of aryl methyl sites for hydroxylation is 1. The number of para-hydroxylation sites is 2. The van der Waals surface area contributed by atoms with Gasteiger partial charge in [0, 0.05) is 12.6 Å². The topological polar surface area (TPSA) is 83.8 Å². The first-order valence-electron chi connectivity index (χ1n) is 7.91. The van der Waals surface area contributed by atoms with Crippen LogP contribution in [0.2, 0.25) is 0 Å². The highest BCUT2D eigenvalue weighted by atomic mass is 16.3. The number of hydrogen-bond donors (Lipinski definition) is 2. The van der Waals surface area contributed by atoms with E-state index in [1.54, 1.807) is 7.05 Å². The van der Waals surface area contributed by atoms with Gasteiger partial charge in [-0.1, -0.05) is 42.5 Å². The van der Waals surface area contributed by atoms with Crippen LogP contribution in [-0.4, -0.2) is 30.6 Å². The predicted molar refractivity (Wildman–Crippen MR) is 94.4 cm³/mol. The number of aromatic hydroxyl groups is 1. The number of carbonyl (C=O) groups is 1. The van der Waals surface area contributed by atoms with E-state index in [9.17, 15) is 9.90 Å². The van der Waals surface area contributed by atoms with E-state index in [-0.39, 0.29) is 23.6 Å². The Hall–Kier alpha value is -3.41. The molecule has 0 amide bonds. The van der Waals surface area contributed by atoms with Gasteiger partial charge in [-0.2, -0.15) is 5.10 Å². The predicted octanol–water partition coefficient (Wildman–Crippen LogP) is 3.09. The Bertz CT molecular complexity index is 1030. The minimum Gasteiger partial charge on any atom is -0.504 e. The molecule has 2 N–H and O–H groups in total. The molecule has 0 unspecified atom stereocenters. The van der Waals surface area contributed by atoms with Gasteiger partial charge in [0.15, 0.2) is 11.5 Å². The molecular weight excluding hydrogens is 316 g/mol. The number of nitrogens with zero attached hydrogens (tertiary/aromatic N) is 3. The summed E-state index contributed by atoms with van der Waals surface area (Å²) in [4.78, 5) is 20.2. The minimum absolute atomic E-state index is 0.0655. The number of Topliss-reactive ketones (excluding diaryl/α,β-unsaturated/α-hetero) is 1. The molecule has 0 atom stereocenters. The fourth-order valence-corrected chi connectivity index (χ4v) is 2.94. The third kappa shape index (κ3) is 2.67. The van der Waals surface area contributed by atoms with Gasteiger partial charge in [0.1, 0.15) is 17.2 Å². The van der Waals surface area contributed by atoms with Crippen molar-refractivity contribution in [1.29, 1.82) is 0 Å². The molecule has 4 aromatic rings. The van der Waals surface area contributed by atoms with E-state index < -0.39 is 0 Å². The Labute approximate surface area is 143 Å². The molecule has 2 heterocycles. The zero-order valence-electron chi connectivity index (χ0n) is 13.6. The molecule has 2 aromatic carbocycles. The van der Waals surface area contributed by atoms with Gasteiger partial charge in [-0.15, -0.1) is 0 Å². The maximum atomic E-state index is 12.7. The zero-order valence-corrected chi connectivity index (χ0v) is 13.6. The molecule has 0 bridgehead atoms. The summed E-state index contributed by atoms with van der Waals surface area (Å²) in [5.41, 5.74) is 3.03. The summed E-state index contributed by atoms with van der Waals surface area (Å²) in [6.07, 6.45) is 0.0655. The van der Waals surface area contributed by atoms with Gasteiger partial charge < -0.3 is 10.1 Å². The van der Waals surface area contributed by atoms with Crippen LogP contribution in [0.15, 0.2) is 54.6 Å². The van der Waals surface area contributed by atoms with Crippen molar-refractivity contribution in [2.24, 2.45) is 7.05 Å². The van der Waals surface area contributed by atoms with Crippen LogP contribution < -0.4 is 0 Å². The molecule has 0 aliphatic carbocycles. The van der Waals surface area contributed by atoms with Crippen LogP contribution in [-0.2, 0) is 13.5 Å². The Kier molecular flexibility index (Phi) is 3.57. The van der Waals surface area contributed by atoms with E-state index in [4.69, 9.17) is 0 Å². The lowest BCUT2D eigenvalue weighted by atomic mass is 10.1. The molecule has 0 aliphatic heterocycles. The highest BCUT2D eigenvalue weighted by molar-refractivity contribution is 6.00. The number of rotatable bonds is 4. The van der Waals surface area contributed by atoms with E-state index in [0.717, 1.165) is 16.6 Å². The lowest BCUT2D eigenvalue weighted by molar-refractivity contribution is 0.0979. The van der Waals surface area contributed by atoms with Crippen molar-refractivity contribution in [1.82, 2.24) is 19.7 Å². The number of fused-ring (bicyclic) bond motifs is 1. The Morgan fingerprint density at radius 1 is 1.12 bits per heavy atom. The van der Waals surface area contributed by atoms with Gasteiger partial charge in [0.25, 0.3) is 0 Å². The quantitative estimate of drug-likeness (QED) is 0.563. The lowest BCUT2D eigenvalue weighted by Gasteiger charge is -2.00. The van der Waals surface area contributed by atoms with E-state index in [2.05, 4.69) is 15.1 Å². The summed E-state index contributed by atoms with van der Waals surface area (Å²) < 4.78 is 1.42. The first kappa shape index (κ1) is 15.1. The van der Waals surface area contributed by atoms with Crippen LogP contribution >= 0.6 is 0 Å². The van der Waals surface area contributed by atoms with E-state index in [1.165, 1.54) is 4.68 Å². The third-order valence-electron chi connectivity index (χ3n) is 4.10. The number of aromatic amines is 1. The van der Waals surface area contributed by atoms with Crippen molar-refractivity contribution >= 4 is 16.8 Å². The Morgan fingerprint density at radius 3 is 2.60 bits per heavy atom. The molecule has 0 aliphatic rings. The number of carbonyl (C=O) groups excluding carboxylic acids is 1. The van der Waals surface area contributed by atoms with Gasteiger partial charge in [0.2, 0.25) is 0 Å². The molecule has 6 nitrogen and oxygen atoms in total. The molecule has 0 radical (unpaired) electrons. The summed E-state index contributed by atoms with van der Waals surface area (Å²) in [7, 11) is 1.65. The van der Waals surface area contributed by atoms with Crippen LogP contribution in [0, 0.1) is 0 Å². The average molecular weight is 332 g/mol. The molecule has 25 heavy (non-hydrogen) atoms. The molecule has 124 valence electrons. The van der Waals surface area contributed by atoms with Crippen molar-refractivity contribution in [2.45, 2.75) is 6.42 Å². The molecule has 4 rings (SSSR count). The average Bonchev–Trinajstić information content (AvgIpc) is 3.15. The van der Waals surface area contributed by atoms with Crippen LogP contribution in [0.5, 0.6) is 5.75 Å². The Balaban J connectivity index is 1.67. The number of ketones is 1. The largest absolute Gasteiger partial charge is 0.504 e. The zero-order chi connectivity index (χ0) is 17.4. The van der Waals surface area contributed by atoms with Crippen LogP contribution in [0.1, 0.15) is 16.3 Å². The summed E-state index contributed by atoms with van der Waals surface area (Å²) in [6.45, 7) is 0. The van der Waals surface area contributed by atoms with Crippen molar-refractivity contribution in [3.63, 3.8) is 0 Å². The Morgan fingerprint density at radius 2 is 1.84 bits per heavy atom. The number of imidazole rings is 1. The van der Waals surface area contributed by atoms with Crippen molar-refractivity contribution in [3.05, 3.63) is 66.1 Å². The standard InChI is InChI=1S/C19H16N4O2/c1-23-18(19(25)17(22-23)12-7-3-2-4-8-12)15(24)11-16-20-13-9-5-6-10-14(13)21-16/h2-10,25H,11H2,1H3,(H,20,21). The van der Waals surface area contributed by atoms with Gasteiger partial charge in [-0.3, -0.25) is 9.48 Å². The minimum atomic E-state index is -0.242. The maximum absolute atomic E-state index is 12.7. The SMILES string of the molecule is Cn1nc(-c2ccccc2)c(O)c1C(=O)Cc1nc2ccccc2[nH]1. The second-order valence-electron chi connectivity index (χ2n) is 5.84. The summed E-state index contributed by atoms with van der Waals surface area (Å²) in [6, 6.07) is 16.9. The highest BCUT2D eigenvalue weighted by Gasteiger charge is 2.23. The highest BCUT2D eigenvalue weighted by Crippen LogP contribution is 2.31. The fraction of sp³-hybridized carbons (Fsp3) is 0.105. The van der Waals surface area contributed by atoms with E-state index in [0.29, 0.717) is 11.5 Å². The van der Waals surface area contributed by atoms with Gasteiger partial charge in [-0.05, 0) is 12.1 Å². The third-order valence-corrected chi connectivity index (χ3v) is 4.10. The summed E-state index contributed by atoms with van der Waals surface area (Å²) in [5, 5.41) is 14.8. The number of H-pyrrole nitrogens is 1. The summed E-state index contributed by atoms with van der Waals surface area (Å²) in [5.74, 6) is 0.219. The van der Waals surface area contributed by atoms with Crippen LogP contribution in [0.25, 0.3) is 22.3 Å². The van der Waals surface area contributed by atoms with Crippen LogP contribution in [0.4, 0.5) is 0 Å². The molecule has 2 aromatic heterocycles. The first-order valence-corrected chi connectivity index (χ1v) is 7.91. The normalized spacial score (nSPS) is 11.1. The second-order valence-corrected chi connectivity index (χ2v) is 5.84. The van der Waals surface area contributed by atoms with E-state index >= 15 is 0 Å². The summed E-state index contributed by atoms with van der Waals surface area (Å²) >= 11 is 0. The molecule has 0 saturated carbocycles. The smallest absolute Gasteiger partial charge is 0.192 e. The number of hydrogen-bond acceptors (Lipinski definition) is 4. The molecule has 0 saturated heterocycles. The van der Waals surface area contributed by atoms with Crippen molar-refractivity contribution in [2.75, 3.05) is 0 Å². The van der Waals surface area contributed by atoms with Gasteiger partial charge >= 0.3 is 0 Å².